The van der Waals surface area contributed by atoms with Gasteiger partial charge in [0.2, 0.25) is 10.0 Å². The van der Waals surface area contributed by atoms with Gasteiger partial charge in [-0.25, -0.2) is 22.0 Å². The predicted octanol–water partition coefficient (Wildman–Crippen LogP) is 0.746. The Bertz CT molecular complexity index is 736. The van der Waals surface area contributed by atoms with E-state index in [1.165, 1.54) is 0 Å². The van der Waals surface area contributed by atoms with Gasteiger partial charge in [-0.2, -0.15) is 0 Å². The van der Waals surface area contributed by atoms with Gasteiger partial charge in [0, 0.05) is 12.6 Å². The molecule has 21 heavy (non-hydrogen) atoms. The van der Waals surface area contributed by atoms with Crippen LogP contribution in [0, 0.1) is 0 Å². The molecule has 0 amide bonds. The fraction of sp³-hybridized carbons (Fsp3) is 0.667. The summed E-state index contributed by atoms with van der Waals surface area (Å²) in [7, 11) is -7.30. The molecular formula is C12H18N2O4S3. The van der Waals surface area contributed by atoms with Crippen LogP contribution in [0.1, 0.15) is 26.2 Å². The molecule has 0 aromatic carbocycles. The molecule has 2 N–H and O–H groups in total. The molecule has 0 spiro atoms. The van der Waals surface area contributed by atoms with Gasteiger partial charge in [0.1, 0.15) is 8.47 Å². The zero-order valence-electron chi connectivity index (χ0n) is 11.6. The number of thioether (sulfide) groups is 1. The molecule has 1 saturated heterocycles. The van der Waals surface area contributed by atoms with E-state index in [0.29, 0.717) is 19.4 Å². The van der Waals surface area contributed by atoms with Gasteiger partial charge < -0.3 is 0 Å². The summed E-state index contributed by atoms with van der Waals surface area (Å²) in [6, 6.07) is -0.190. The van der Waals surface area contributed by atoms with E-state index in [-0.39, 0.29) is 14.5 Å². The fourth-order valence-electron chi connectivity index (χ4n) is 3.21. The highest BCUT2D eigenvalue weighted by Gasteiger charge is 2.47. The Morgan fingerprint density at radius 3 is 2.81 bits per heavy atom. The molecule has 4 bridgehead atoms. The molecule has 0 aromatic rings. The van der Waals surface area contributed by atoms with Crippen molar-refractivity contribution in [2.45, 2.75) is 37.5 Å². The molecule has 4 aliphatic rings. The normalized spacial score (nSPS) is 32.0. The Morgan fingerprint density at radius 2 is 2.19 bits per heavy atom. The number of fused-ring (bicyclic) bond motifs is 2. The first-order chi connectivity index (χ1) is 9.73. The van der Waals surface area contributed by atoms with Crippen molar-refractivity contribution in [3.8, 4) is 0 Å². The van der Waals surface area contributed by atoms with Gasteiger partial charge in [-0.15, -0.1) is 0 Å². The van der Waals surface area contributed by atoms with E-state index in [1.807, 2.05) is 0 Å². The summed E-state index contributed by atoms with van der Waals surface area (Å²) in [5.74, 6) is 0. The van der Waals surface area contributed by atoms with Crippen molar-refractivity contribution in [1.82, 2.24) is 4.90 Å². The predicted molar refractivity (Wildman–Crippen MR) is 83.4 cm³/mol. The SMILES string of the molecule is CCCN1CC2=C3SC(S(N)(=O)=O)=CC1CC(C2)S3(=O)=O. The van der Waals surface area contributed by atoms with Crippen molar-refractivity contribution in [3.63, 3.8) is 0 Å². The van der Waals surface area contributed by atoms with E-state index in [9.17, 15) is 16.8 Å². The molecule has 4 heterocycles. The van der Waals surface area contributed by atoms with Crippen molar-refractivity contribution < 1.29 is 16.8 Å². The Labute approximate surface area is 129 Å². The number of hydrogen-bond donors (Lipinski definition) is 1. The maximum Gasteiger partial charge on any atom is 0.244 e. The van der Waals surface area contributed by atoms with Crippen LogP contribution in [-0.4, -0.2) is 46.1 Å². The van der Waals surface area contributed by atoms with Crippen LogP contribution >= 0.6 is 11.8 Å². The van der Waals surface area contributed by atoms with Crippen LogP contribution in [0.15, 0.2) is 20.1 Å². The van der Waals surface area contributed by atoms with Gasteiger partial charge in [0.15, 0.2) is 9.84 Å². The highest BCUT2D eigenvalue weighted by molar-refractivity contribution is 8.27. The monoisotopic (exact) mass is 350 g/mol. The summed E-state index contributed by atoms with van der Waals surface area (Å²) in [6.07, 6.45) is 3.53. The van der Waals surface area contributed by atoms with Crippen LogP contribution in [0.5, 0.6) is 0 Å². The van der Waals surface area contributed by atoms with Crippen LogP contribution in [0.25, 0.3) is 0 Å². The third-order valence-electron chi connectivity index (χ3n) is 4.14. The molecule has 1 fully saturated rings. The Morgan fingerprint density at radius 1 is 1.48 bits per heavy atom. The molecule has 2 atom stereocenters. The van der Waals surface area contributed by atoms with Crippen LogP contribution in [-0.2, 0) is 19.9 Å². The second-order valence-electron chi connectivity index (χ2n) is 5.67. The van der Waals surface area contributed by atoms with Crippen LogP contribution in [0.3, 0.4) is 0 Å². The smallest absolute Gasteiger partial charge is 0.244 e. The van der Waals surface area contributed by atoms with E-state index in [2.05, 4.69) is 11.8 Å². The maximum atomic E-state index is 12.5. The molecule has 2 unspecified atom stereocenters. The molecule has 0 aromatic heterocycles. The summed E-state index contributed by atoms with van der Waals surface area (Å²) in [5, 5.41) is 4.83. The van der Waals surface area contributed by atoms with E-state index in [1.54, 1.807) is 6.08 Å². The quantitative estimate of drug-likeness (QED) is 0.806. The molecule has 4 aliphatic heterocycles. The zero-order valence-corrected chi connectivity index (χ0v) is 14.1. The highest BCUT2D eigenvalue weighted by Crippen LogP contribution is 2.49. The number of primary sulfonamides is 1. The van der Waals surface area contributed by atoms with E-state index < -0.39 is 25.1 Å². The van der Waals surface area contributed by atoms with Crippen molar-refractivity contribution in [3.05, 3.63) is 20.1 Å². The first-order valence-corrected chi connectivity index (χ1v) is 10.8. The first kappa shape index (κ1) is 15.5. The van der Waals surface area contributed by atoms with Crippen LogP contribution < -0.4 is 5.14 Å². The second kappa shape index (κ2) is 5.09. The lowest BCUT2D eigenvalue weighted by molar-refractivity contribution is 0.247. The van der Waals surface area contributed by atoms with Crippen LogP contribution in [0.2, 0.25) is 0 Å². The van der Waals surface area contributed by atoms with Crippen molar-refractivity contribution in [1.29, 1.82) is 0 Å². The highest BCUT2D eigenvalue weighted by atomic mass is 32.3. The number of nitrogens with zero attached hydrogens (tertiary/aromatic N) is 1. The van der Waals surface area contributed by atoms with Gasteiger partial charge in [0.25, 0.3) is 0 Å². The Balaban J connectivity index is 2.17. The number of sulfonamides is 1. The van der Waals surface area contributed by atoms with Crippen molar-refractivity contribution in [2.24, 2.45) is 5.14 Å². The average molecular weight is 350 g/mol. The molecule has 0 radical (unpaired) electrons. The fourth-order valence-corrected chi connectivity index (χ4v) is 8.00. The largest absolute Gasteiger partial charge is 0.293 e. The molecular weight excluding hydrogens is 332 g/mol. The summed E-state index contributed by atoms with van der Waals surface area (Å²) in [6.45, 7) is 3.47. The van der Waals surface area contributed by atoms with Crippen LogP contribution in [0.4, 0.5) is 0 Å². The summed E-state index contributed by atoms with van der Waals surface area (Å²) in [4.78, 5) is 2.16. The lowest BCUT2D eigenvalue weighted by Gasteiger charge is -2.32. The van der Waals surface area contributed by atoms with Gasteiger partial charge in [0.05, 0.1) is 5.25 Å². The van der Waals surface area contributed by atoms with Gasteiger partial charge >= 0.3 is 0 Å². The number of nitrogens with two attached hydrogens (primary N) is 1. The minimum Gasteiger partial charge on any atom is -0.293 e. The third-order valence-corrected chi connectivity index (χ3v) is 9.58. The average Bonchev–Trinajstić information content (AvgIpc) is 2.48. The van der Waals surface area contributed by atoms with E-state index in [0.717, 1.165) is 30.3 Å². The van der Waals surface area contributed by atoms with Crippen molar-refractivity contribution in [2.75, 3.05) is 13.1 Å². The molecule has 4 rings (SSSR count). The van der Waals surface area contributed by atoms with Gasteiger partial charge in [-0.3, -0.25) is 4.90 Å². The van der Waals surface area contributed by atoms with Gasteiger partial charge in [-0.05, 0) is 37.5 Å². The first-order valence-electron chi connectivity index (χ1n) is 6.86. The van der Waals surface area contributed by atoms with E-state index in [4.69, 9.17) is 5.14 Å². The van der Waals surface area contributed by atoms with Crippen molar-refractivity contribution >= 4 is 31.6 Å². The Kier molecular flexibility index (Phi) is 3.77. The topological polar surface area (TPSA) is 97.5 Å². The molecule has 0 aliphatic carbocycles. The third kappa shape index (κ3) is 2.59. The number of sulfone groups is 1. The standard InChI is InChI=1S/C12H18N2O4S3/c1-2-3-14-7-8-4-10-5-9(14)6-11(21(13,17)18)19-12(8)20(10,15)16/h6,9-10H,2-5,7H2,1H3,(H2,13,17,18). The summed E-state index contributed by atoms with van der Waals surface area (Å²) >= 11 is 0.818. The minimum absolute atomic E-state index is 0.0373. The summed E-state index contributed by atoms with van der Waals surface area (Å²) < 4.78 is 48.7. The number of rotatable bonds is 3. The second-order valence-corrected chi connectivity index (χ2v) is 10.9. The zero-order chi connectivity index (χ0) is 15.4. The number of hydrogen-bond acceptors (Lipinski definition) is 6. The summed E-state index contributed by atoms with van der Waals surface area (Å²) in [5.41, 5.74) is 0.843. The molecule has 118 valence electrons. The van der Waals surface area contributed by atoms with E-state index >= 15 is 0 Å². The Hall–Kier alpha value is -0.350. The molecule has 6 nitrogen and oxygen atoms in total. The lowest BCUT2D eigenvalue weighted by atomic mass is 10.1. The minimum atomic E-state index is -3.90. The lowest BCUT2D eigenvalue weighted by Crippen LogP contribution is -2.39. The maximum absolute atomic E-state index is 12.5. The molecule has 9 heteroatoms. The molecule has 0 saturated carbocycles. The van der Waals surface area contributed by atoms with Gasteiger partial charge in [-0.1, -0.05) is 18.7 Å².